The molecule has 172 valence electrons. The summed E-state index contributed by atoms with van der Waals surface area (Å²) in [7, 11) is 3.30. The Labute approximate surface area is 192 Å². The molecule has 0 amide bonds. The van der Waals surface area contributed by atoms with Crippen molar-refractivity contribution < 1.29 is 14.6 Å². The molecule has 1 fully saturated rings. The molecule has 0 spiro atoms. The molecular weight excluding hydrogens is 420 g/mol. The number of ether oxygens (including phenoxy) is 2. The summed E-state index contributed by atoms with van der Waals surface area (Å²) in [5.41, 5.74) is 4.38. The predicted molar refractivity (Wildman–Crippen MR) is 130 cm³/mol. The van der Waals surface area contributed by atoms with E-state index < -0.39 is 0 Å². The molecule has 1 aromatic heterocycles. The third-order valence-corrected chi connectivity index (χ3v) is 5.47. The number of nitrogens with zero attached hydrogens (tertiary/aromatic N) is 5. The second-order valence-corrected chi connectivity index (χ2v) is 7.83. The van der Waals surface area contributed by atoms with E-state index in [1.807, 2.05) is 36.4 Å². The van der Waals surface area contributed by atoms with E-state index >= 15 is 0 Å². The summed E-state index contributed by atoms with van der Waals surface area (Å²) in [4.78, 5) is 15.6. The maximum absolute atomic E-state index is 8.94. The molecule has 4 rings (SSSR count). The highest BCUT2D eigenvalue weighted by atomic mass is 16.5. The molecule has 0 radical (unpaired) electrons. The fraction of sp³-hybridized carbons (Fsp3) is 0.333. The van der Waals surface area contributed by atoms with Crippen molar-refractivity contribution in [3.63, 3.8) is 0 Å². The van der Waals surface area contributed by atoms with Gasteiger partial charge < -0.3 is 25.3 Å². The number of aliphatic hydroxyl groups is 1. The van der Waals surface area contributed by atoms with Crippen molar-refractivity contribution in [1.82, 2.24) is 9.97 Å². The number of aliphatic imine (C=N–C) groups is 1. The molecule has 0 unspecified atom stereocenters. The first kappa shape index (κ1) is 22.5. The number of aliphatic hydroxyl groups excluding tert-OH is 1. The number of anilines is 2. The van der Waals surface area contributed by atoms with Crippen LogP contribution < -0.4 is 20.2 Å². The van der Waals surface area contributed by atoms with Gasteiger partial charge in [0.15, 0.2) is 0 Å². The second-order valence-electron chi connectivity index (χ2n) is 7.83. The van der Waals surface area contributed by atoms with Gasteiger partial charge in [0.1, 0.15) is 22.9 Å². The summed E-state index contributed by atoms with van der Waals surface area (Å²) in [6.07, 6.45) is 5.56. The van der Waals surface area contributed by atoms with Gasteiger partial charge in [-0.05, 0) is 37.0 Å². The van der Waals surface area contributed by atoms with Gasteiger partial charge in [-0.1, -0.05) is 0 Å². The fourth-order valence-corrected chi connectivity index (χ4v) is 3.53. The van der Waals surface area contributed by atoms with Crippen molar-refractivity contribution in [1.29, 1.82) is 0 Å². The Hall–Kier alpha value is -3.72. The Balaban J connectivity index is 1.74. The Morgan fingerprint density at radius 1 is 1.12 bits per heavy atom. The summed E-state index contributed by atoms with van der Waals surface area (Å²) in [6, 6.07) is 11.9. The Morgan fingerprint density at radius 3 is 2.52 bits per heavy atom. The van der Waals surface area contributed by atoms with Crippen LogP contribution in [0.5, 0.6) is 11.5 Å². The molecule has 33 heavy (non-hydrogen) atoms. The van der Waals surface area contributed by atoms with Crippen molar-refractivity contribution in [3.05, 3.63) is 48.3 Å². The van der Waals surface area contributed by atoms with Crippen LogP contribution in [0.15, 0.2) is 52.7 Å². The zero-order valence-corrected chi connectivity index (χ0v) is 18.8. The molecule has 1 heterocycles. The molecule has 1 aliphatic rings. The fourth-order valence-electron chi connectivity index (χ4n) is 3.53. The van der Waals surface area contributed by atoms with Crippen molar-refractivity contribution >= 4 is 34.3 Å². The van der Waals surface area contributed by atoms with E-state index in [0.29, 0.717) is 17.3 Å². The normalized spacial score (nSPS) is 14.1. The number of fused-ring (bicyclic) bond motifs is 1. The Morgan fingerprint density at radius 2 is 1.88 bits per heavy atom. The lowest BCUT2D eigenvalue weighted by molar-refractivity contribution is 0.307. The van der Waals surface area contributed by atoms with E-state index in [4.69, 9.17) is 25.4 Å². The van der Waals surface area contributed by atoms with Gasteiger partial charge in [0.25, 0.3) is 0 Å². The maximum Gasteiger partial charge on any atom is 0.128 e. The van der Waals surface area contributed by atoms with Crippen LogP contribution in [0.4, 0.5) is 11.4 Å². The summed E-state index contributed by atoms with van der Waals surface area (Å²) in [5.74, 6) is 7.65. The van der Waals surface area contributed by atoms with E-state index in [1.165, 1.54) is 19.1 Å². The molecule has 1 aliphatic carbocycles. The molecule has 0 atom stereocenters. The smallest absolute Gasteiger partial charge is 0.128 e. The van der Waals surface area contributed by atoms with Crippen LogP contribution in [0, 0.1) is 5.92 Å². The molecule has 2 aromatic carbocycles. The molecule has 1 saturated carbocycles. The zero-order chi connectivity index (χ0) is 23.2. The number of hydrogen-bond acceptors (Lipinski definition) is 9. The monoisotopic (exact) mass is 448 g/mol. The number of hydrogen-bond donors (Lipinski definition) is 2. The van der Waals surface area contributed by atoms with Gasteiger partial charge in [-0.3, -0.25) is 9.98 Å². The predicted octanol–water partition coefficient (Wildman–Crippen LogP) is 2.92. The van der Waals surface area contributed by atoms with Crippen LogP contribution in [-0.2, 0) is 0 Å². The van der Waals surface area contributed by atoms with Crippen LogP contribution in [0.3, 0.4) is 0 Å². The molecule has 9 heteroatoms. The Bertz CT molecular complexity index is 1150. The maximum atomic E-state index is 8.94. The number of aromatic nitrogens is 2. The molecule has 3 N–H and O–H groups in total. The van der Waals surface area contributed by atoms with Gasteiger partial charge >= 0.3 is 0 Å². The van der Waals surface area contributed by atoms with Crippen molar-refractivity contribution in [2.75, 3.05) is 38.8 Å². The first-order valence-corrected chi connectivity index (χ1v) is 10.8. The molecule has 0 bridgehead atoms. The molecular formula is C24H28N6O3. The average molecular weight is 449 g/mol. The van der Waals surface area contributed by atoms with E-state index in [0.717, 1.165) is 40.5 Å². The molecule has 9 nitrogen and oxygen atoms in total. The lowest BCUT2D eigenvalue weighted by Crippen LogP contribution is -2.20. The van der Waals surface area contributed by atoms with E-state index in [-0.39, 0.29) is 13.2 Å². The van der Waals surface area contributed by atoms with Crippen LogP contribution in [0.1, 0.15) is 18.5 Å². The lowest BCUT2D eigenvalue weighted by atomic mass is 10.1. The van der Waals surface area contributed by atoms with Crippen molar-refractivity contribution in [2.24, 2.45) is 21.9 Å². The van der Waals surface area contributed by atoms with Gasteiger partial charge in [0.2, 0.25) is 0 Å². The standard InChI is InChI=1S/C24H28N6O3/c1-32-19-9-18(10-20(12-19)33-2)30(15-16-3-4-16)17-5-6-21-22(11-17)28-23(14-27-21)24(29-25)13-26-7-8-31/h5-6,9-14,16,31H,3-4,7-8,15,25H2,1-2H3. The second kappa shape index (κ2) is 10.3. The first-order chi connectivity index (χ1) is 16.1. The minimum absolute atomic E-state index is 0.0486. The average Bonchev–Trinajstić information content (AvgIpc) is 3.68. The minimum atomic E-state index is -0.0486. The number of nitrogens with two attached hydrogens (primary N) is 1. The number of benzene rings is 2. The largest absolute Gasteiger partial charge is 0.497 e. The summed E-state index contributed by atoms with van der Waals surface area (Å²) < 4.78 is 11.0. The highest BCUT2D eigenvalue weighted by molar-refractivity contribution is 6.37. The minimum Gasteiger partial charge on any atom is -0.497 e. The summed E-state index contributed by atoms with van der Waals surface area (Å²) >= 11 is 0. The highest BCUT2D eigenvalue weighted by Crippen LogP contribution is 2.38. The van der Waals surface area contributed by atoms with Crippen LogP contribution in [-0.4, -0.2) is 60.9 Å². The van der Waals surface area contributed by atoms with Gasteiger partial charge in [-0.25, -0.2) is 4.98 Å². The lowest BCUT2D eigenvalue weighted by Gasteiger charge is -2.26. The topological polar surface area (TPSA) is 118 Å². The van der Waals surface area contributed by atoms with Gasteiger partial charge in [0.05, 0.1) is 50.8 Å². The van der Waals surface area contributed by atoms with E-state index in [2.05, 4.69) is 20.0 Å². The van der Waals surface area contributed by atoms with E-state index in [1.54, 1.807) is 20.4 Å². The van der Waals surface area contributed by atoms with Crippen LogP contribution >= 0.6 is 0 Å². The first-order valence-electron chi connectivity index (χ1n) is 10.8. The quantitative estimate of drug-likeness (QED) is 0.278. The number of hydrazone groups is 1. The number of methoxy groups -OCH3 is 2. The highest BCUT2D eigenvalue weighted by Gasteiger charge is 2.26. The van der Waals surface area contributed by atoms with Gasteiger partial charge in [0, 0.05) is 36.1 Å². The van der Waals surface area contributed by atoms with E-state index in [9.17, 15) is 0 Å². The van der Waals surface area contributed by atoms with Crippen LogP contribution in [0.25, 0.3) is 11.0 Å². The molecule has 3 aromatic rings. The van der Waals surface area contributed by atoms with Gasteiger partial charge in [-0.2, -0.15) is 5.10 Å². The van der Waals surface area contributed by atoms with Crippen molar-refractivity contribution in [3.8, 4) is 11.5 Å². The molecule has 0 saturated heterocycles. The van der Waals surface area contributed by atoms with Crippen LogP contribution in [0.2, 0.25) is 0 Å². The van der Waals surface area contributed by atoms with Crippen molar-refractivity contribution in [2.45, 2.75) is 12.8 Å². The Kier molecular flexibility index (Phi) is 6.99. The third kappa shape index (κ3) is 5.38. The summed E-state index contributed by atoms with van der Waals surface area (Å²) in [6.45, 7) is 1.11. The van der Waals surface area contributed by atoms with Gasteiger partial charge in [-0.15, -0.1) is 0 Å². The SMILES string of the molecule is COc1cc(OC)cc(N(CC2CC2)c2ccc3ncc(C(C=NCCO)=NN)nc3c2)c1. The molecule has 0 aliphatic heterocycles. The summed E-state index contributed by atoms with van der Waals surface area (Å²) in [5, 5.41) is 12.7. The third-order valence-electron chi connectivity index (χ3n) is 5.47. The zero-order valence-electron chi connectivity index (χ0n) is 18.8. The number of rotatable bonds is 10.